The lowest BCUT2D eigenvalue weighted by atomic mass is 10.2. The summed E-state index contributed by atoms with van der Waals surface area (Å²) in [5.74, 6) is 0.939. The second-order valence-corrected chi connectivity index (χ2v) is 5.66. The van der Waals surface area contributed by atoms with Crippen molar-refractivity contribution in [2.75, 3.05) is 41.7 Å². The zero-order chi connectivity index (χ0) is 13.9. The van der Waals surface area contributed by atoms with Gasteiger partial charge in [0.1, 0.15) is 5.82 Å². The zero-order valence-electron chi connectivity index (χ0n) is 11.0. The molecule has 1 aliphatic heterocycles. The van der Waals surface area contributed by atoms with E-state index >= 15 is 0 Å². The number of hydrogen-bond acceptors (Lipinski definition) is 5. The van der Waals surface area contributed by atoms with Gasteiger partial charge in [-0.15, -0.1) is 0 Å². The molecule has 1 fully saturated rings. The molecule has 6 heteroatoms. The van der Waals surface area contributed by atoms with Gasteiger partial charge in [0.2, 0.25) is 0 Å². The van der Waals surface area contributed by atoms with Gasteiger partial charge < -0.3 is 15.5 Å². The maximum atomic E-state index is 6.07. The molecule has 0 atom stereocenters. The number of piperazine rings is 1. The lowest BCUT2D eigenvalue weighted by Gasteiger charge is -2.37. The Balaban J connectivity index is 1.71. The molecule has 5 nitrogen and oxygen atoms in total. The summed E-state index contributed by atoms with van der Waals surface area (Å²) in [6.07, 6.45) is 5.24. The Morgan fingerprint density at radius 3 is 2.50 bits per heavy atom. The highest BCUT2D eigenvalue weighted by atomic mass is 79.9. The van der Waals surface area contributed by atoms with Gasteiger partial charge in [-0.2, -0.15) is 0 Å². The van der Waals surface area contributed by atoms with Crippen molar-refractivity contribution in [1.29, 1.82) is 0 Å². The predicted octanol–water partition coefficient (Wildman–Crippen LogP) is 2.15. The van der Waals surface area contributed by atoms with Crippen LogP contribution in [0.5, 0.6) is 0 Å². The second kappa shape index (κ2) is 5.66. The first-order valence-corrected chi connectivity index (χ1v) is 7.34. The quantitative estimate of drug-likeness (QED) is 0.853. The molecule has 104 valence electrons. The highest BCUT2D eigenvalue weighted by Gasteiger charge is 2.19. The molecule has 0 amide bonds. The molecule has 1 aliphatic rings. The Kier molecular flexibility index (Phi) is 3.73. The van der Waals surface area contributed by atoms with Gasteiger partial charge in [-0.25, -0.2) is 4.98 Å². The van der Waals surface area contributed by atoms with Crippen molar-refractivity contribution in [2.45, 2.75) is 0 Å². The molecule has 0 unspecified atom stereocenters. The first-order valence-electron chi connectivity index (χ1n) is 6.55. The molecule has 20 heavy (non-hydrogen) atoms. The molecule has 0 bridgehead atoms. The summed E-state index contributed by atoms with van der Waals surface area (Å²) in [5, 5.41) is 0. The molecule has 1 aromatic carbocycles. The smallest absolute Gasteiger partial charge is 0.147 e. The number of nitrogens with zero attached hydrogens (tertiary/aromatic N) is 4. The standard InChI is InChI=1S/C14H16BrN5/c15-11-1-2-12(16)13(9-11)19-5-7-20(8-6-19)14-10-17-3-4-18-14/h1-4,9-10H,5-8,16H2. The fourth-order valence-electron chi connectivity index (χ4n) is 2.42. The Morgan fingerprint density at radius 2 is 1.80 bits per heavy atom. The number of halogens is 1. The molecule has 3 rings (SSSR count). The fraction of sp³-hybridized carbons (Fsp3) is 0.286. The highest BCUT2D eigenvalue weighted by molar-refractivity contribution is 9.10. The lowest BCUT2D eigenvalue weighted by molar-refractivity contribution is 0.647. The number of nitrogens with two attached hydrogens (primary N) is 1. The van der Waals surface area contributed by atoms with E-state index in [0.29, 0.717) is 0 Å². The third kappa shape index (κ3) is 2.70. The van der Waals surface area contributed by atoms with E-state index in [1.165, 1.54) is 0 Å². The summed E-state index contributed by atoms with van der Waals surface area (Å²) < 4.78 is 1.05. The molecular weight excluding hydrogens is 318 g/mol. The van der Waals surface area contributed by atoms with E-state index in [1.807, 2.05) is 18.3 Å². The summed E-state index contributed by atoms with van der Waals surface area (Å²) >= 11 is 3.50. The number of nitrogen functional groups attached to an aromatic ring is 1. The normalized spacial score (nSPS) is 15.4. The van der Waals surface area contributed by atoms with Crippen LogP contribution >= 0.6 is 15.9 Å². The number of aromatic nitrogens is 2. The van der Waals surface area contributed by atoms with E-state index in [0.717, 1.165) is 47.8 Å². The van der Waals surface area contributed by atoms with Crippen LogP contribution in [-0.2, 0) is 0 Å². The van der Waals surface area contributed by atoms with Gasteiger partial charge in [-0.05, 0) is 18.2 Å². The molecule has 0 spiro atoms. The summed E-state index contributed by atoms with van der Waals surface area (Å²) in [6.45, 7) is 3.70. The SMILES string of the molecule is Nc1ccc(Br)cc1N1CCN(c2cnccn2)CC1. The van der Waals surface area contributed by atoms with Crippen LogP contribution in [0.1, 0.15) is 0 Å². The van der Waals surface area contributed by atoms with Crippen molar-refractivity contribution in [1.82, 2.24) is 9.97 Å². The molecule has 0 aliphatic carbocycles. The first-order chi connectivity index (χ1) is 9.74. The Labute approximate surface area is 126 Å². The molecule has 2 aromatic rings. The van der Waals surface area contributed by atoms with Crippen LogP contribution in [0, 0.1) is 0 Å². The molecule has 2 N–H and O–H groups in total. The molecular formula is C14H16BrN5. The minimum Gasteiger partial charge on any atom is -0.397 e. The second-order valence-electron chi connectivity index (χ2n) is 4.74. The maximum Gasteiger partial charge on any atom is 0.147 e. The molecule has 1 aromatic heterocycles. The third-order valence-electron chi connectivity index (χ3n) is 3.49. The van der Waals surface area contributed by atoms with Gasteiger partial charge in [0, 0.05) is 43.0 Å². The summed E-state index contributed by atoms with van der Waals surface area (Å²) in [6, 6.07) is 5.98. The van der Waals surface area contributed by atoms with E-state index < -0.39 is 0 Å². The average molecular weight is 334 g/mol. The van der Waals surface area contributed by atoms with Crippen molar-refractivity contribution in [3.63, 3.8) is 0 Å². The predicted molar refractivity (Wildman–Crippen MR) is 85.0 cm³/mol. The van der Waals surface area contributed by atoms with Gasteiger partial charge in [-0.3, -0.25) is 4.98 Å². The Hall–Kier alpha value is -1.82. The van der Waals surface area contributed by atoms with Crippen molar-refractivity contribution < 1.29 is 0 Å². The number of rotatable bonds is 2. The van der Waals surface area contributed by atoms with E-state index in [4.69, 9.17) is 5.73 Å². The minimum absolute atomic E-state index is 0.821. The van der Waals surface area contributed by atoms with Crippen LogP contribution in [-0.4, -0.2) is 36.1 Å². The van der Waals surface area contributed by atoms with Crippen molar-refractivity contribution in [3.05, 3.63) is 41.3 Å². The van der Waals surface area contributed by atoms with Crippen LogP contribution in [0.3, 0.4) is 0 Å². The van der Waals surface area contributed by atoms with Gasteiger partial charge >= 0.3 is 0 Å². The summed E-state index contributed by atoms with van der Waals surface area (Å²) in [4.78, 5) is 13.0. The monoisotopic (exact) mass is 333 g/mol. The molecule has 0 saturated carbocycles. The average Bonchev–Trinajstić information content (AvgIpc) is 2.51. The molecule has 1 saturated heterocycles. The summed E-state index contributed by atoms with van der Waals surface area (Å²) in [5.41, 5.74) is 7.98. The van der Waals surface area contributed by atoms with Crippen LogP contribution < -0.4 is 15.5 Å². The Bertz CT molecular complexity index is 581. The van der Waals surface area contributed by atoms with E-state index in [9.17, 15) is 0 Å². The van der Waals surface area contributed by atoms with Crippen LogP contribution in [0.2, 0.25) is 0 Å². The van der Waals surface area contributed by atoms with Gasteiger partial charge in [0.05, 0.1) is 17.6 Å². The van der Waals surface area contributed by atoms with Gasteiger partial charge in [0.15, 0.2) is 0 Å². The fourth-order valence-corrected chi connectivity index (χ4v) is 2.77. The van der Waals surface area contributed by atoms with E-state index in [2.05, 4.69) is 41.8 Å². The van der Waals surface area contributed by atoms with Gasteiger partial charge in [-0.1, -0.05) is 15.9 Å². The topological polar surface area (TPSA) is 58.3 Å². The number of anilines is 3. The van der Waals surface area contributed by atoms with Crippen LogP contribution in [0.15, 0.2) is 41.3 Å². The number of benzene rings is 1. The lowest BCUT2D eigenvalue weighted by Crippen LogP contribution is -2.47. The van der Waals surface area contributed by atoms with Crippen molar-refractivity contribution in [2.24, 2.45) is 0 Å². The highest BCUT2D eigenvalue weighted by Crippen LogP contribution is 2.28. The van der Waals surface area contributed by atoms with Crippen molar-refractivity contribution >= 4 is 33.1 Å². The third-order valence-corrected chi connectivity index (χ3v) is 3.98. The zero-order valence-corrected chi connectivity index (χ0v) is 12.6. The van der Waals surface area contributed by atoms with E-state index in [1.54, 1.807) is 12.4 Å². The Morgan fingerprint density at radius 1 is 1.05 bits per heavy atom. The van der Waals surface area contributed by atoms with Crippen molar-refractivity contribution in [3.8, 4) is 0 Å². The molecule has 2 heterocycles. The summed E-state index contributed by atoms with van der Waals surface area (Å²) in [7, 11) is 0. The number of hydrogen-bond donors (Lipinski definition) is 1. The van der Waals surface area contributed by atoms with Crippen LogP contribution in [0.25, 0.3) is 0 Å². The largest absolute Gasteiger partial charge is 0.397 e. The maximum absolute atomic E-state index is 6.07. The van der Waals surface area contributed by atoms with E-state index in [-0.39, 0.29) is 0 Å². The van der Waals surface area contributed by atoms with Gasteiger partial charge in [0.25, 0.3) is 0 Å². The minimum atomic E-state index is 0.821. The molecule has 0 radical (unpaired) electrons. The van der Waals surface area contributed by atoms with Crippen LogP contribution in [0.4, 0.5) is 17.2 Å². The first kappa shape index (κ1) is 13.2.